The van der Waals surface area contributed by atoms with Crippen molar-refractivity contribution in [2.24, 2.45) is 5.92 Å². The molecule has 0 saturated heterocycles. The SMILES string of the molecule is C=CCn1c(SC(C(=O)NC2CCCC2)C(C)C)nnc1-c1ccccc1F. The third kappa shape index (κ3) is 4.63. The van der Waals surface area contributed by atoms with Crippen molar-refractivity contribution in [2.75, 3.05) is 0 Å². The van der Waals surface area contributed by atoms with Gasteiger partial charge in [-0.1, -0.05) is 56.7 Å². The van der Waals surface area contributed by atoms with E-state index in [0.717, 1.165) is 12.8 Å². The van der Waals surface area contributed by atoms with E-state index in [1.165, 1.54) is 30.7 Å². The van der Waals surface area contributed by atoms with Gasteiger partial charge in [0.15, 0.2) is 11.0 Å². The lowest BCUT2D eigenvalue weighted by Crippen LogP contribution is -2.41. The lowest BCUT2D eigenvalue weighted by Gasteiger charge is -2.22. The molecule has 1 saturated carbocycles. The first-order valence-electron chi connectivity index (χ1n) is 9.77. The molecule has 0 radical (unpaired) electrons. The fourth-order valence-corrected chi connectivity index (χ4v) is 4.52. The fourth-order valence-electron chi connectivity index (χ4n) is 3.47. The summed E-state index contributed by atoms with van der Waals surface area (Å²) in [5, 5.41) is 12.0. The van der Waals surface area contributed by atoms with Crippen molar-refractivity contribution in [3.8, 4) is 11.4 Å². The van der Waals surface area contributed by atoms with E-state index in [4.69, 9.17) is 0 Å². The molecule has 7 heteroatoms. The number of carbonyl (C=O) groups is 1. The lowest BCUT2D eigenvalue weighted by atomic mass is 10.1. The topological polar surface area (TPSA) is 59.8 Å². The Balaban J connectivity index is 1.85. The first kappa shape index (κ1) is 20.6. The zero-order valence-corrected chi connectivity index (χ0v) is 17.2. The number of thioether (sulfide) groups is 1. The molecule has 1 aromatic heterocycles. The van der Waals surface area contributed by atoms with Crippen LogP contribution in [-0.2, 0) is 11.3 Å². The van der Waals surface area contributed by atoms with Gasteiger partial charge in [-0.15, -0.1) is 16.8 Å². The molecule has 150 valence electrons. The monoisotopic (exact) mass is 402 g/mol. The number of carbonyl (C=O) groups excluding carboxylic acids is 1. The number of rotatable bonds is 8. The van der Waals surface area contributed by atoms with E-state index in [1.54, 1.807) is 24.3 Å². The summed E-state index contributed by atoms with van der Waals surface area (Å²) in [7, 11) is 0. The summed E-state index contributed by atoms with van der Waals surface area (Å²) in [6.45, 7) is 8.28. The van der Waals surface area contributed by atoms with Gasteiger partial charge in [0.1, 0.15) is 5.82 Å². The van der Waals surface area contributed by atoms with Gasteiger partial charge in [-0.25, -0.2) is 4.39 Å². The first-order chi connectivity index (χ1) is 13.5. The molecule has 5 nitrogen and oxygen atoms in total. The average Bonchev–Trinajstić information content (AvgIpc) is 3.30. The summed E-state index contributed by atoms with van der Waals surface area (Å²) < 4.78 is 16.1. The highest BCUT2D eigenvalue weighted by atomic mass is 32.2. The second kappa shape index (κ2) is 9.37. The molecule has 1 atom stereocenters. The van der Waals surface area contributed by atoms with Gasteiger partial charge >= 0.3 is 0 Å². The molecule has 0 bridgehead atoms. The highest BCUT2D eigenvalue weighted by Crippen LogP contribution is 2.31. The van der Waals surface area contributed by atoms with Crippen LogP contribution in [0.15, 0.2) is 42.1 Å². The fraction of sp³-hybridized carbons (Fsp3) is 0.476. The molecular weight excluding hydrogens is 375 g/mol. The second-order valence-electron chi connectivity index (χ2n) is 7.46. The van der Waals surface area contributed by atoms with Crippen LogP contribution in [0, 0.1) is 11.7 Å². The zero-order valence-electron chi connectivity index (χ0n) is 16.4. The summed E-state index contributed by atoms with van der Waals surface area (Å²) in [6, 6.07) is 6.77. The minimum Gasteiger partial charge on any atom is -0.352 e. The van der Waals surface area contributed by atoms with E-state index >= 15 is 0 Å². The van der Waals surface area contributed by atoms with Crippen molar-refractivity contribution in [1.82, 2.24) is 20.1 Å². The zero-order chi connectivity index (χ0) is 20.1. The predicted octanol–water partition coefficient (Wildman–Crippen LogP) is 4.45. The molecule has 0 spiro atoms. The molecule has 1 aromatic carbocycles. The smallest absolute Gasteiger partial charge is 0.234 e. The van der Waals surface area contributed by atoms with Crippen LogP contribution in [0.5, 0.6) is 0 Å². The number of aromatic nitrogens is 3. The van der Waals surface area contributed by atoms with Gasteiger partial charge in [0.05, 0.1) is 10.8 Å². The molecule has 0 aliphatic heterocycles. The maximum absolute atomic E-state index is 14.3. The van der Waals surface area contributed by atoms with Gasteiger partial charge < -0.3 is 5.32 Å². The molecule has 3 rings (SSSR count). The normalized spacial score (nSPS) is 15.7. The highest BCUT2D eigenvalue weighted by molar-refractivity contribution is 8.00. The van der Waals surface area contributed by atoms with Crippen LogP contribution in [0.1, 0.15) is 39.5 Å². The molecule has 1 aliphatic carbocycles. The van der Waals surface area contributed by atoms with E-state index in [1.807, 2.05) is 18.4 Å². The summed E-state index contributed by atoms with van der Waals surface area (Å²) >= 11 is 1.38. The molecule has 1 fully saturated rings. The van der Waals surface area contributed by atoms with Gasteiger partial charge in [0.25, 0.3) is 0 Å². The molecule has 2 aromatic rings. The number of amides is 1. The molecule has 1 unspecified atom stereocenters. The Morgan fingerprint density at radius 3 is 2.71 bits per heavy atom. The van der Waals surface area contributed by atoms with Crippen molar-refractivity contribution in [1.29, 1.82) is 0 Å². The Hall–Kier alpha value is -2.15. The van der Waals surface area contributed by atoms with Crippen LogP contribution < -0.4 is 5.32 Å². The molecule has 28 heavy (non-hydrogen) atoms. The second-order valence-corrected chi connectivity index (χ2v) is 8.57. The van der Waals surface area contributed by atoms with Gasteiger partial charge in [-0.3, -0.25) is 9.36 Å². The maximum Gasteiger partial charge on any atom is 0.234 e. The Morgan fingerprint density at radius 2 is 2.07 bits per heavy atom. The number of benzene rings is 1. The van der Waals surface area contributed by atoms with Crippen LogP contribution in [0.2, 0.25) is 0 Å². The minimum absolute atomic E-state index is 0.0347. The number of hydrogen-bond acceptors (Lipinski definition) is 4. The predicted molar refractivity (Wildman–Crippen MR) is 110 cm³/mol. The lowest BCUT2D eigenvalue weighted by molar-refractivity contribution is -0.121. The summed E-state index contributed by atoms with van der Waals surface area (Å²) in [4.78, 5) is 12.9. The van der Waals surface area contributed by atoms with Gasteiger partial charge in [0, 0.05) is 12.6 Å². The van der Waals surface area contributed by atoms with Crippen LogP contribution in [0.4, 0.5) is 4.39 Å². The Bertz CT molecular complexity index is 830. The highest BCUT2D eigenvalue weighted by Gasteiger charge is 2.29. The van der Waals surface area contributed by atoms with Crippen molar-refractivity contribution >= 4 is 17.7 Å². The number of nitrogens with zero attached hydrogens (tertiary/aromatic N) is 3. The van der Waals surface area contributed by atoms with E-state index in [9.17, 15) is 9.18 Å². The largest absolute Gasteiger partial charge is 0.352 e. The molecular formula is C21H27FN4OS. The maximum atomic E-state index is 14.3. The van der Waals surface area contributed by atoms with E-state index < -0.39 is 0 Å². The van der Waals surface area contributed by atoms with Crippen LogP contribution in [0.3, 0.4) is 0 Å². The molecule has 1 heterocycles. The molecule has 1 aliphatic rings. The van der Waals surface area contributed by atoms with Crippen molar-refractivity contribution in [3.05, 3.63) is 42.7 Å². The van der Waals surface area contributed by atoms with Gasteiger partial charge in [-0.2, -0.15) is 0 Å². The van der Waals surface area contributed by atoms with E-state index in [2.05, 4.69) is 22.1 Å². The summed E-state index contributed by atoms with van der Waals surface area (Å²) in [5.41, 5.74) is 0.389. The first-order valence-corrected chi connectivity index (χ1v) is 10.6. The van der Waals surface area contributed by atoms with Crippen molar-refractivity contribution < 1.29 is 9.18 Å². The van der Waals surface area contributed by atoms with Crippen molar-refractivity contribution in [2.45, 2.75) is 62.5 Å². The average molecular weight is 403 g/mol. The number of hydrogen-bond donors (Lipinski definition) is 1. The van der Waals surface area contributed by atoms with Crippen LogP contribution >= 0.6 is 11.8 Å². The number of nitrogens with one attached hydrogen (secondary N) is 1. The summed E-state index contributed by atoms with van der Waals surface area (Å²) in [6.07, 6.45) is 6.16. The third-order valence-electron chi connectivity index (χ3n) is 4.94. The Kier molecular flexibility index (Phi) is 6.88. The minimum atomic E-state index is -0.351. The van der Waals surface area contributed by atoms with E-state index in [0.29, 0.717) is 23.1 Å². The van der Waals surface area contributed by atoms with Crippen LogP contribution in [-0.4, -0.2) is 32.0 Å². The Labute approximate surface area is 169 Å². The third-order valence-corrected chi connectivity index (χ3v) is 6.47. The quantitative estimate of drug-likeness (QED) is 0.524. The van der Waals surface area contributed by atoms with Crippen molar-refractivity contribution in [3.63, 3.8) is 0 Å². The number of allylic oxidation sites excluding steroid dienone is 1. The summed E-state index contributed by atoms with van der Waals surface area (Å²) in [5.74, 6) is 0.250. The van der Waals surface area contributed by atoms with E-state index in [-0.39, 0.29) is 28.9 Å². The molecule has 1 amide bonds. The Morgan fingerprint density at radius 1 is 1.36 bits per heavy atom. The number of halogens is 1. The standard InChI is InChI=1S/C21H27FN4OS/c1-4-13-26-19(16-11-7-8-12-17(16)22)24-25-21(26)28-18(14(2)3)20(27)23-15-9-5-6-10-15/h4,7-8,11-12,14-15,18H,1,5-6,9-10,13H2,2-3H3,(H,23,27). The van der Waals surface area contributed by atoms with Gasteiger partial charge in [0.2, 0.25) is 5.91 Å². The van der Waals surface area contributed by atoms with Crippen LogP contribution in [0.25, 0.3) is 11.4 Å². The van der Waals surface area contributed by atoms with Gasteiger partial charge in [-0.05, 0) is 30.9 Å². The molecule has 1 N–H and O–H groups in total.